The van der Waals surface area contributed by atoms with Gasteiger partial charge in [0.05, 0.1) is 11.1 Å². The number of fused-ring (bicyclic) bond motifs is 1. The zero-order chi connectivity index (χ0) is 18.2. The Morgan fingerprint density at radius 1 is 1.20 bits per heavy atom. The molecule has 5 nitrogen and oxygen atoms in total. The average molecular weight is 403 g/mol. The molecule has 2 aromatic rings. The molecule has 0 saturated heterocycles. The molecule has 130 valence electrons. The van der Waals surface area contributed by atoms with Gasteiger partial charge < -0.3 is 15.0 Å². The fourth-order valence-corrected chi connectivity index (χ4v) is 2.93. The van der Waals surface area contributed by atoms with Crippen molar-refractivity contribution in [3.63, 3.8) is 0 Å². The van der Waals surface area contributed by atoms with Crippen LogP contribution in [0.1, 0.15) is 24.2 Å². The minimum Gasteiger partial charge on any atom is -0.490 e. The molecule has 0 atom stereocenters. The van der Waals surface area contributed by atoms with E-state index in [4.69, 9.17) is 4.74 Å². The molecule has 1 heterocycles. The second-order valence-electron chi connectivity index (χ2n) is 6.68. The molecule has 1 aliphatic rings. The lowest BCUT2D eigenvalue weighted by Crippen LogP contribution is -2.39. The van der Waals surface area contributed by atoms with E-state index in [9.17, 15) is 9.59 Å². The van der Waals surface area contributed by atoms with E-state index in [0.29, 0.717) is 29.3 Å². The molecule has 25 heavy (non-hydrogen) atoms. The van der Waals surface area contributed by atoms with Crippen molar-refractivity contribution in [2.24, 2.45) is 5.41 Å². The summed E-state index contributed by atoms with van der Waals surface area (Å²) in [5.41, 5.74) is 1.20. The Bertz CT molecular complexity index is 831. The van der Waals surface area contributed by atoms with Crippen LogP contribution in [-0.4, -0.2) is 25.5 Å². The minimum atomic E-state index is -0.603. The number of halogens is 1. The van der Waals surface area contributed by atoms with Gasteiger partial charge in [0.25, 0.3) is 5.91 Å². The van der Waals surface area contributed by atoms with Crippen LogP contribution in [-0.2, 0) is 4.79 Å². The van der Waals surface area contributed by atoms with Gasteiger partial charge in [0.2, 0.25) is 5.91 Å². The first-order valence-corrected chi connectivity index (χ1v) is 8.69. The lowest BCUT2D eigenvalue weighted by Gasteiger charge is -2.24. The SMILES string of the molecule is CN1C(=O)C(C)(C)COc2ccc(NC(=O)c3ccc(Br)cc3)cc21. The van der Waals surface area contributed by atoms with Crippen LogP contribution in [0.5, 0.6) is 5.75 Å². The van der Waals surface area contributed by atoms with Crippen LogP contribution >= 0.6 is 15.9 Å². The standard InChI is InChI=1S/C19H19BrN2O3/c1-19(2)11-25-16-9-8-14(10-15(16)22(3)18(19)24)21-17(23)12-4-6-13(20)7-5-12/h4-10H,11H2,1-3H3,(H,21,23). The molecular weight excluding hydrogens is 384 g/mol. The first kappa shape index (κ1) is 17.5. The molecule has 0 spiro atoms. The number of nitrogens with zero attached hydrogens (tertiary/aromatic N) is 1. The van der Waals surface area contributed by atoms with E-state index in [1.54, 1.807) is 42.3 Å². The molecule has 0 bridgehead atoms. The van der Waals surface area contributed by atoms with E-state index in [2.05, 4.69) is 21.2 Å². The van der Waals surface area contributed by atoms with Crippen molar-refractivity contribution in [2.45, 2.75) is 13.8 Å². The number of hydrogen-bond donors (Lipinski definition) is 1. The Hall–Kier alpha value is -2.34. The molecule has 0 saturated carbocycles. The quantitative estimate of drug-likeness (QED) is 0.822. The molecule has 1 aliphatic heterocycles. The van der Waals surface area contributed by atoms with Crippen LogP contribution < -0.4 is 15.0 Å². The third-order valence-electron chi connectivity index (χ3n) is 4.16. The van der Waals surface area contributed by atoms with E-state index in [1.165, 1.54) is 0 Å². The first-order chi connectivity index (χ1) is 11.8. The highest BCUT2D eigenvalue weighted by atomic mass is 79.9. The number of nitrogens with one attached hydrogen (secondary N) is 1. The summed E-state index contributed by atoms with van der Waals surface area (Å²) in [4.78, 5) is 26.5. The van der Waals surface area contributed by atoms with E-state index >= 15 is 0 Å². The Balaban J connectivity index is 1.86. The van der Waals surface area contributed by atoms with Crippen molar-refractivity contribution in [2.75, 3.05) is 23.9 Å². The molecule has 0 unspecified atom stereocenters. The van der Waals surface area contributed by atoms with Crippen LogP contribution in [0.4, 0.5) is 11.4 Å². The Kier molecular flexibility index (Phi) is 4.56. The maximum Gasteiger partial charge on any atom is 0.255 e. The third-order valence-corrected chi connectivity index (χ3v) is 4.69. The van der Waals surface area contributed by atoms with E-state index in [-0.39, 0.29) is 11.8 Å². The maximum absolute atomic E-state index is 12.6. The minimum absolute atomic E-state index is 0.0253. The summed E-state index contributed by atoms with van der Waals surface area (Å²) in [6, 6.07) is 12.4. The molecule has 0 radical (unpaired) electrons. The Morgan fingerprint density at radius 3 is 2.56 bits per heavy atom. The number of benzene rings is 2. The molecular formula is C19H19BrN2O3. The fourth-order valence-electron chi connectivity index (χ4n) is 2.67. The molecule has 1 N–H and O–H groups in total. The van der Waals surface area contributed by atoms with Gasteiger partial charge in [-0.15, -0.1) is 0 Å². The van der Waals surface area contributed by atoms with Crippen molar-refractivity contribution in [1.82, 2.24) is 0 Å². The van der Waals surface area contributed by atoms with Crippen molar-refractivity contribution in [3.05, 3.63) is 52.5 Å². The highest BCUT2D eigenvalue weighted by Crippen LogP contribution is 2.37. The summed E-state index contributed by atoms with van der Waals surface area (Å²) >= 11 is 3.35. The van der Waals surface area contributed by atoms with Crippen LogP contribution in [0.3, 0.4) is 0 Å². The van der Waals surface area contributed by atoms with Crippen molar-refractivity contribution in [3.8, 4) is 5.75 Å². The lowest BCUT2D eigenvalue weighted by molar-refractivity contribution is -0.127. The summed E-state index contributed by atoms with van der Waals surface area (Å²) in [6.45, 7) is 4.02. The zero-order valence-corrected chi connectivity index (χ0v) is 15.9. The van der Waals surface area contributed by atoms with E-state index in [0.717, 1.165) is 4.47 Å². The van der Waals surface area contributed by atoms with Gasteiger partial charge in [-0.1, -0.05) is 15.9 Å². The Morgan fingerprint density at radius 2 is 1.88 bits per heavy atom. The number of hydrogen-bond acceptors (Lipinski definition) is 3. The topological polar surface area (TPSA) is 58.6 Å². The average Bonchev–Trinajstić information content (AvgIpc) is 2.66. The lowest BCUT2D eigenvalue weighted by atomic mass is 9.93. The molecule has 0 fully saturated rings. The summed E-state index contributed by atoms with van der Waals surface area (Å²) < 4.78 is 6.69. The summed E-state index contributed by atoms with van der Waals surface area (Å²) in [7, 11) is 1.72. The van der Waals surface area contributed by atoms with Gasteiger partial charge >= 0.3 is 0 Å². The van der Waals surface area contributed by atoms with E-state index < -0.39 is 5.41 Å². The summed E-state index contributed by atoms with van der Waals surface area (Å²) in [5.74, 6) is 0.391. The van der Waals surface area contributed by atoms with Gasteiger partial charge in [-0.3, -0.25) is 9.59 Å². The Labute approximate surface area is 155 Å². The summed E-state index contributed by atoms with van der Waals surface area (Å²) in [6.07, 6.45) is 0. The van der Waals surface area contributed by atoms with Crippen LogP contribution in [0.25, 0.3) is 0 Å². The van der Waals surface area contributed by atoms with Gasteiger partial charge in [-0.25, -0.2) is 0 Å². The number of anilines is 2. The van der Waals surface area contributed by atoms with Gasteiger partial charge in [0.1, 0.15) is 12.4 Å². The maximum atomic E-state index is 12.6. The normalized spacial score (nSPS) is 15.8. The van der Waals surface area contributed by atoms with Gasteiger partial charge in [0, 0.05) is 22.8 Å². The van der Waals surface area contributed by atoms with Crippen LogP contribution in [0.2, 0.25) is 0 Å². The molecule has 2 aromatic carbocycles. The number of amides is 2. The second-order valence-corrected chi connectivity index (χ2v) is 7.60. The van der Waals surface area contributed by atoms with Gasteiger partial charge in [-0.05, 0) is 56.3 Å². The largest absolute Gasteiger partial charge is 0.490 e. The predicted molar refractivity (Wildman–Crippen MR) is 101 cm³/mol. The number of rotatable bonds is 2. The second kappa shape index (κ2) is 6.52. The highest BCUT2D eigenvalue weighted by molar-refractivity contribution is 9.10. The molecule has 6 heteroatoms. The first-order valence-electron chi connectivity index (χ1n) is 7.90. The van der Waals surface area contributed by atoms with Crippen molar-refractivity contribution in [1.29, 1.82) is 0 Å². The number of ether oxygens (including phenoxy) is 1. The van der Waals surface area contributed by atoms with Gasteiger partial charge in [-0.2, -0.15) is 0 Å². The molecule has 0 aliphatic carbocycles. The smallest absolute Gasteiger partial charge is 0.255 e. The van der Waals surface area contributed by atoms with Crippen LogP contribution in [0.15, 0.2) is 46.9 Å². The monoisotopic (exact) mass is 402 g/mol. The summed E-state index contributed by atoms with van der Waals surface area (Å²) in [5, 5.41) is 2.86. The van der Waals surface area contributed by atoms with Gasteiger partial charge in [0.15, 0.2) is 0 Å². The van der Waals surface area contributed by atoms with Crippen LogP contribution in [0, 0.1) is 5.41 Å². The fraction of sp³-hybridized carbons (Fsp3) is 0.263. The molecule has 3 rings (SSSR count). The van der Waals surface area contributed by atoms with Crippen molar-refractivity contribution >= 4 is 39.1 Å². The molecule has 0 aromatic heterocycles. The number of carbonyl (C=O) groups is 2. The van der Waals surface area contributed by atoms with Crippen molar-refractivity contribution < 1.29 is 14.3 Å². The zero-order valence-electron chi connectivity index (χ0n) is 14.3. The highest BCUT2D eigenvalue weighted by Gasteiger charge is 2.36. The molecule has 2 amide bonds. The third kappa shape index (κ3) is 3.54. The number of carbonyl (C=O) groups excluding carboxylic acids is 2. The van der Waals surface area contributed by atoms with E-state index in [1.807, 2.05) is 26.0 Å². The predicted octanol–water partition coefficient (Wildman–Crippen LogP) is 4.08.